The summed E-state index contributed by atoms with van der Waals surface area (Å²) in [7, 11) is 0. The Hall–Kier alpha value is -9.48. The van der Waals surface area contributed by atoms with Gasteiger partial charge in [0.2, 0.25) is 0 Å². The van der Waals surface area contributed by atoms with Crippen LogP contribution in [-0.4, -0.2) is 0 Å². The van der Waals surface area contributed by atoms with E-state index in [0.29, 0.717) is 22.3 Å². The number of hydrogen-bond donors (Lipinski definition) is 0. The van der Waals surface area contributed by atoms with E-state index in [4.69, 9.17) is 8.83 Å². The van der Waals surface area contributed by atoms with Crippen LogP contribution in [0, 0.1) is 22.7 Å². The van der Waals surface area contributed by atoms with Gasteiger partial charge in [0.15, 0.2) is 0 Å². The highest BCUT2D eigenvalue weighted by Gasteiger charge is 2.28. The number of rotatable bonds is 2. The predicted molar refractivity (Wildman–Crippen MR) is 278 cm³/mol. The van der Waals surface area contributed by atoms with E-state index in [2.05, 4.69) is 158 Å². The molecule has 2 aliphatic carbocycles. The summed E-state index contributed by atoms with van der Waals surface area (Å²) in [6, 6.07) is 70.0. The second kappa shape index (κ2) is 12.7. The third-order valence-electron chi connectivity index (χ3n) is 15.1. The van der Waals surface area contributed by atoms with Crippen molar-refractivity contribution in [2.45, 2.75) is 0 Å². The van der Waals surface area contributed by atoms with Crippen LogP contribution < -0.4 is 0 Å². The van der Waals surface area contributed by atoms with Crippen molar-refractivity contribution < 1.29 is 8.83 Å². The molecule has 4 heteroatoms. The van der Waals surface area contributed by atoms with Crippen LogP contribution in [0.15, 0.2) is 191 Å². The van der Waals surface area contributed by atoms with Gasteiger partial charge in [0, 0.05) is 32.7 Å². The van der Waals surface area contributed by atoms with Gasteiger partial charge in [-0.1, -0.05) is 109 Å². The first kappa shape index (κ1) is 35.8. The van der Waals surface area contributed by atoms with Crippen molar-refractivity contribution in [1.82, 2.24) is 0 Å². The molecule has 0 bridgehead atoms. The molecule has 0 unspecified atom stereocenters. The highest BCUT2D eigenvalue weighted by Crippen LogP contribution is 2.55. The Kier molecular flexibility index (Phi) is 6.66. The van der Waals surface area contributed by atoms with Gasteiger partial charge < -0.3 is 8.83 Å². The molecule has 0 aliphatic heterocycles. The van der Waals surface area contributed by atoms with Gasteiger partial charge in [-0.2, -0.15) is 10.5 Å². The van der Waals surface area contributed by atoms with Gasteiger partial charge in [-0.25, -0.2) is 0 Å². The van der Waals surface area contributed by atoms with Crippen LogP contribution in [0.5, 0.6) is 0 Å². The molecule has 0 atom stereocenters. The number of para-hydroxylation sites is 2. The maximum absolute atomic E-state index is 9.85. The monoisotopic (exact) mass is 858 g/mol. The van der Waals surface area contributed by atoms with Crippen molar-refractivity contribution in [3.63, 3.8) is 0 Å². The maximum Gasteiger partial charge on any atom is 0.143 e. The zero-order valence-electron chi connectivity index (χ0n) is 36.0. The molecule has 0 fully saturated rings. The van der Waals surface area contributed by atoms with E-state index in [0.717, 1.165) is 87.3 Å². The van der Waals surface area contributed by atoms with Crippen LogP contribution in [0.2, 0.25) is 0 Å². The zero-order valence-corrected chi connectivity index (χ0v) is 36.0. The van der Waals surface area contributed by atoms with E-state index < -0.39 is 0 Å². The molecule has 0 N–H and O–H groups in total. The smallest absolute Gasteiger partial charge is 0.143 e. The second-order valence-electron chi connectivity index (χ2n) is 18.5. The van der Waals surface area contributed by atoms with E-state index in [1.807, 2.05) is 36.4 Å². The summed E-state index contributed by atoms with van der Waals surface area (Å²) in [5.74, 6) is 0. The lowest BCUT2D eigenvalue weighted by Gasteiger charge is -2.19. The van der Waals surface area contributed by atoms with E-state index >= 15 is 0 Å². The van der Waals surface area contributed by atoms with Crippen molar-refractivity contribution in [2.24, 2.45) is 0 Å². The molecular formula is C64H30N2O2. The first-order valence-electron chi connectivity index (χ1n) is 22.9. The van der Waals surface area contributed by atoms with Crippen molar-refractivity contribution in [1.29, 1.82) is 10.5 Å². The summed E-state index contributed by atoms with van der Waals surface area (Å²) in [4.78, 5) is 0. The summed E-state index contributed by atoms with van der Waals surface area (Å²) in [5, 5.41) is 35.5. The highest BCUT2D eigenvalue weighted by molar-refractivity contribution is 6.30. The number of nitrogens with zero attached hydrogens (tertiary/aromatic N) is 2. The fraction of sp³-hybridized carbons (Fsp3) is 0. The molecule has 0 saturated carbocycles. The van der Waals surface area contributed by atoms with Crippen LogP contribution in [0.1, 0.15) is 11.1 Å². The molecule has 2 aliphatic rings. The Balaban J connectivity index is 1.10. The Morgan fingerprint density at radius 2 is 0.603 bits per heavy atom. The molecule has 12 aromatic carbocycles. The Labute approximate surface area is 387 Å². The lowest BCUT2D eigenvalue weighted by atomic mass is 9.84. The van der Waals surface area contributed by atoms with Crippen molar-refractivity contribution in [3.05, 3.63) is 193 Å². The summed E-state index contributed by atoms with van der Waals surface area (Å²) in [6.07, 6.45) is 0. The normalized spacial score (nSPS) is 12.4. The average Bonchev–Trinajstić information content (AvgIpc) is 4.14. The Bertz CT molecular complexity index is 4500. The SMILES string of the molecule is N#Cc1ccc2c(c1)oc1c(-c3cc4c5cc6c(cc5c(-c5cccc7c5oc5cc(C#N)ccc57)cc4c4cc5c(cc34)-c3cccc4cccc-5c34)-c3cccc4cccc-6c34)cccc12. The summed E-state index contributed by atoms with van der Waals surface area (Å²) in [5.41, 5.74) is 18.1. The van der Waals surface area contributed by atoms with Gasteiger partial charge in [-0.3, -0.25) is 0 Å². The van der Waals surface area contributed by atoms with E-state index in [1.54, 1.807) is 0 Å². The maximum atomic E-state index is 9.85. The molecule has 4 nitrogen and oxygen atoms in total. The number of fused-ring (bicyclic) bond motifs is 17. The number of nitriles is 2. The molecule has 0 spiro atoms. The summed E-state index contributed by atoms with van der Waals surface area (Å²) in [6.45, 7) is 0. The predicted octanol–water partition coefficient (Wildman–Crippen LogP) is 17.6. The fourth-order valence-corrected chi connectivity index (χ4v) is 12.2. The summed E-state index contributed by atoms with van der Waals surface area (Å²) >= 11 is 0. The van der Waals surface area contributed by atoms with Crippen molar-refractivity contribution in [3.8, 4) is 78.9 Å². The minimum atomic E-state index is 0.566. The minimum absolute atomic E-state index is 0.566. The largest absolute Gasteiger partial charge is 0.455 e. The number of furan rings is 2. The highest BCUT2D eigenvalue weighted by atomic mass is 16.3. The van der Waals surface area contributed by atoms with Crippen molar-refractivity contribution >= 4 is 97.7 Å². The zero-order chi connectivity index (χ0) is 44.5. The standard InChI is InChI=1S/C64H30N2O2/c65-31-33-19-21-37-43-15-5-17-45(63(43)67-59(37)23-33)51-29-58-56-28-50-42-14-4-10-36-8-2-12-40(62(36)42)48(50)26-54(56)52(46-18-6-16-44-38-22-20-34(32-66)24-60(38)68-64(44)46)30-57(58)55-27-49-41-13-3-9-35-7-1-11-39(61(35)41)47(49)25-53(51)55/h1-30H. The molecule has 16 rings (SSSR count). The molecular weight excluding hydrogens is 829 g/mol. The second-order valence-corrected chi connectivity index (χ2v) is 18.5. The molecule has 2 aromatic heterocycles. The van der Waals surface area contributed by atoms with Crippen LogP contribution in [0.3, 0.4) is 0 Å². The van der Waals surface area contributed by atoms with Gasteiger partial charge in [0.1, 0.15) is 22.3 Å². The average molecular weight is 859 g/mol. The van der Waals surface area contributed by atoms with E-state index in [-0.39, 0.29) is 0 Å². The fourth-order valence-electron chi connectivity index (χ4n) is 12.2. The van der Waals surface area contributed by atoms with Crippen LogP contribution in [0.25, 0.3) is 165 Å². The molecule has 0 radical (unpaired) electrons. The Morgan fingerprint density at radius 1 is 0.265 bits per heavy atom. The van der Waals surface area contributed by atoms with Gasteiger partial charge >= 0.3 is 0 Å². The molecule has 0 saturated heterocycles. The van der Waals surface area contributed by atoms with Gasteiger partial charge in [-0.15, -0.1) is 0 Å². The number of benzene rings is 12. The quantitative estimate of drug-likeness (QED) is 0.162. The van der Waals surface area contributed by atoms with E-state index in [1.165, 1.54) is 66.1 Å². The third kappa shape index (κ3) is 4.51. The molecule has 14 aromatic rings. The van der Waals surface area contributed by atoms with Gasteiger partial charge in [0.25, 0.3) is 0 Å². The first-order chi connectivity index (χ1) is 33.6. The van der Waals surface area contributed by atoms with Gasteiger partial charge in [-0.05, 0) is 182 Å². The number of hydrogen-bond acceptors (Lipinski definition) is 4. The third-order valence-corrected chi connectivity index (χ3v) is 15.1. The molecule has 2 heterocycles. The minimum Gasteiger partial charge on any atom is -0.455 e. The van der Waals surface area contributed by atoms with E-state index in [9.17, 15) is 10.5 Å². The molecule has 0 amide bonds. The lowest BCUT2D eigenvalue weighted by molar-refractivity contribution is 0.669. The Morgan fingerprint density at radius 3 is 1.00 bits per heavy atom. The van der Waals surface area contributed by atoms with Crippen LogP contribution >= 0.6 is 0 Å². The van der Waals surface area contributed by atoms with Crippen LogP contribution in [0.4, 0.5) is 0 Å². The summed E-state index contributed by atoms with van der Waals surface area (Å²) < 4.78 is 13.7. The molecule has 68 heavy (non-hydrogen) atoms. The molecule has 308 valence electrons. The first-order valence-corrected chi connectivity index (χ1v) is 22.9. The van der Waals surface area contributed by atoms with Crippen LogP contribution in [-0.2, 0) is 0 Å². The van der Waals surface area contributed by atoms with Crippen molar-refractivity contribution in [2.75, 3.05) is 0 Å². The topological polar surface area (TPSA) is 73.9 Å². The van der Waals surface area contributed by atoms with Gasteiger partial charge in [0.05, 0.1) is 23.3 Å². The lowest BCUT2D eigenvalue weighted by Crippen LogP contribution is -1.92.